The summed E-state index contributed by atoms with van der Waals surface area (Å²) in [7, 11) is 0. The van der Waals surface area contributed by atoms with Crippen LogP contribution in [0.2, 0.25) is 0 Å². The molecule has 2 N–H and O–H groups in total. The molecule has 2 amide bonds. The Bertz CT molecular complexity index is 701. The maximum absolute atomic E-state index is 12.2. The van der Waals surface area contributed by atoms with Crippen molar-refractivity contribution in [2.24, 2.45) is 5.92 Å². The second-order valence-electron chi connectivity index (χ2n) is 7.49. The van der Waals surface area contributed by atoms with E-state index in [-0.39, 0.29) is 24.4 Å². The van der Waals surface area contributed by atoms with Gasteiger partial charge >= 0.3 is 5.97 Å². The number of hydrogen-bond donors (Lipinski definition) is 2. The highest BCUT2D eigenvalue weighted by Crippen LogP contribution is 2.23. The Morgan fingerprint density at radius 1 is 1.15 bits per heavy atom. The number of esters is 1. The first-order valence-electron chi connectivity index (χ1n) is 9.63. The number of carbonyl (C=O) groups excluding carboxylic acids is 3. The van der Waals surface area contributed by atoms with Crippen LogP contribution in [-0.2, 0) is 14.3 Å². The molecule has 0 aliphatic heterocycles. The number of amides is 2. The molecule has 148 valence electrons. The average molecular weight is 374 g/mol. The van der Waals surface area contributed by atoms with Gasteiger partial charge in [-0.15, -0.1) is 0 Å². The molecule has 1 fully saturated rings. The highest BCUT2D eigenvalue weighted by molar-refractivity contribution is 5.96. The molecule has 1 aliphatic rings. The number of rotatable bonds is 6. The fraction of sp³-hybridized carbons (Fsp3) is 0.571. The van der Waals surface area contributed by atoms with E-state index in [0.29, 0.717) is 11.5 Å². The SMILES string of the molecule is Cc1ccc(C(=O)NCC(=O)O[C@@H](C)C(=O)N[C@@H]2CCCC[C@@H]2C)cc1C. The van der Waals surface area contributed by atoms with Crippen LogP contribution in [0.5, 0.6) is 0 Å². The fourth-order valence-corrected chi connectivity index (χ4v) is 3.26. The summed E-state index contributed by atoms with van der Waals surface area (Å²) in [6.45, 7) is 7.29. The molecule has 27 heavy (non-hydrogen) atoms. The molecule has 1 aromatic carbocycles. The largest absolute Gasteiger partial charge is 0.451 e. The normalized spacial score (nSPS) is 20.4. The van der Waals surface area contributed by atoms with Crippen LogP contribution in [-0.4, -0.2) is 36.5 Å². The van der Waals surface area contributed by atoms with Crippen LogP contribution in [0.4, 0.5) is 0 Å². The number of ether oxygens (including phenoxy) is 1. The first-order valence-corrected chi connectivity index (χ1v) is 9.63. The zero-order valence-corrected chi connectivity index (χ0v) is 16.6. The number of hydrogen-bond acceptors (Lipinski definition) is 4. The van der Waals surface area contributed by atoms with Crippen LogP contribution in [0.25, 0.3) is 0 Å². The third-order valence-corrected chi connectivity index (χ3v) is 5.28. The predicted molar refractivity (Wildman–Crippen MR) is 103 cm³/mol. The van der Waals surface area contributed by atoms with Gasteiger partial charge in [0.15, 0.2) is 6.10 Å². The van der Waals surface area contributed by atoms with Crippen molar-refractivity contribution >= 4 is 17.8 Å². The number of carbonyl (C=O) groups is 3. The molecule has 6 heteroatoms. The summed E-state index contributed by atoms with van der Waals surface area (Å²) in [5.41, 5.74) is 2.59. The molecule has 6 nitrogen and oxygen atoms in total. The summed E-state index contributed by atoms with van der Waals surface area (Å²) in [6, 6.07) is 5.49. The van der Waals surface area contributed by atoms with Gasteiger partial charge in [0.1, 0.15) is 6.54 Å². The molecule has 0 radical (unpaired) electrons. The smallest absolute Gasteiger partial charge is 0.326 e. The zero-order chi connectivity index (χ0) is 20.0. The van der Waals surface area contributed by atoms with Crippen molar-refractivity contribution in [1.29, 1.82) is 0 Å². The van der Waals surface area contributed by atoms with Crippen molar-refractivity contribution in [1.82, 2.24) is 10.6 Å². The first-order chi connectivity index (χ1) is 12.8. The quantitative estimate of drug-likeness (QED) is 0.750. The Balaban J connectivity index is 1.77. The Morgan fingerprint density at radius 2 is 1.85 bits per heavy atom. The summed E-state index contributed by atoms with van der Waals surface area (Å²) in [4.78, 5) is 36.3. The maximum atomic E-state index is 12.2. The summed E-state index contributed by atoms with van der Waals surface area (Å²) in [6.07, 6.45) is 3.47. The average Bonchev–Trinajstić information content (AvgIpc) is 2.63. The summed E-state index contributed by atoms with van der Waals surface area (Å²) in [5, 5.41) is 5.51. The lowest BCUT2D eigenvalue weighted by atomic mass is 9.86. The van der Waals surface area contributed by atoms with Gasteiger partial charge in [0.05, 0.1) is 0 Å². The molecular formula is C21H30N2O4. The fourth-order valence-electron chi connectivity index (χ4n) is 3.26. The van der Waals surface area contributed by atoms with E-state index in [9.17, 15) is 14.4 Å². The number of nitrogens with one attached hydrogen (secondary N) is 2. The standard InChI is InChI=1S/C21H30N2O4/c1-13-9-10-17(11-15(13)3)21(26)22-12-19(24)27-16(4)20(25)23-18-8-6-5-7-14(18)2/h9-11,14,16,18H,5-8,12H2,1-4H3,(H,22,26)(H,23,25)/t14-,16-,18+/m0/s1. The van der Waals surface area contributed by atoms with Crippen molar-refractivity contribution in [3.63, 3.8) is 0 Å². The molecule has 0 bridgehead atoms. The molecular weight excluding hydrogens is 344 g/mol. The van der Waals surface area contributed by atoms with Crippen molar-refractivity contribution in [3.8, 4) is 0 Å². The lowest BCUT2D eigenvalue weighted by Crippen LogP contribution is -2.46. The van der Waals surface area contributed by atoms with E-state index in [1.165, 1.54) is 6.42 Å². The van der Waals surface area contributed by atoms with Crippen LogP contribution in [0.1, 0.15) is 61.0 Å². The minimum atomic E-state index is -0.884. The molecule has 0 spiro atoms. The summed E-state index contributed by atoms with van der Waals surface area (Å²) >= 11 is 0. The molecule has 1 saturated carbocycles. The van der Waals surface area contributed by atoms with E-state index in [4.69, 9.17) is 4.74 Å². The molecule has 0 unspecified atom stereocenters. The predicted octanol–water partition coefficient (Wildman–Crippen LogP) is 2.66. The lowest BCUT2D eigenvalue weighted by Gasteiger charge is -2.30. The summed E-state index contributed by atoms with van der Waals surface area (Å²) < 4.78 is 5.15. The molecule has 0 saturated heterocycles. The number of aryl methyl sites for hydroxylation is 2. The number of benzene rings is 1. The maximum Gasteiger partial charge on any atom is 0.326 e. The van der Waals surface area contributed by atoms with Crippen LogP contribution >= 0.6 is 0 Å². The second kappa shape index (κ2) is 9.53. The van der Waals surface area contributed by atoms with Gasteiger partial charge in [-0.2, -0.15) is 0 Å². The third kappa shape index (κ3) is 6.08. The minimum absolute atomic E-state index is 0.136. The van der Waals surface area contributed by atoms with E-state index >= 15 is 0 Å². The Hall–Kier alpha value is -2.37. The van der Waals surface area contributed by atoms with Gasteiger partial charge in [-0.05, 0) is 62.8 Å². The van der Waals surface area contributed by atoms with Gasteiger partial charge in [0.2, 0.25) is 0 Å². The van der Waals surface area contributed by atoms with Gasteiger partial charge in [0.25, 0.3) is 11.8 Å². The second-order valence-corrected chi connectivity index (χ2v) is 7.49. The van der Waals surface area contributed by atoms with E-state index in [1.54, 1.807) is 19.1 Å². The highest BCUT2D eigenvalue weighted by Gasteiger charge is 2.26. The third-order valence-electron chi connectivity index (χ3n) is 5.28. The van der Waals surface area contributed by atoms with E-state index in [0.717, 1.165) is 30.4 Å². The van der Waals surface area contributed by atoms with E-state index in [2.05, 4.69) is 17.6 Å². The molecule has 1 aromatic rings. The van der Waals surface area contributed by atoms with Crippen molar-refractivity contribution in [2.45, 2.75) is 65.5 Å². The van der Waals surface area contributed by atoms with Gasteiger partial charge in [0, 0.05) is 11.6 Å². The summed E-state index contributed by atoms with van der Waals surface area (Å²) in [5.74, 6) is -0.833. The van der Waals surface area contributed by atoms with Crippen LogP contribution in [0.15, 0.2) is 18.2 Å². The molecule has 3 atom stereocenters. The Labute approximate surface area is 161 Å². The molecule has 0 aromatic heterocycles. The molecule has 0 heterocycles. The van der Waals surface area contributed by atoms with Gasteiger partial charge in [-0.3, -0.25) is 14.4 Å². The monoisotopic (exact) mass is 374 g/mol. The topological polar surface area (TPSA) is 84.5 Å². The van der Waals surface area contributed by atoms with Crippen LogP contribution < -0.4 is 10.6 Å². The molecule has 1 aliphatic carbocycles. The van der Waals surface area contributed by atoms with Crippen LogP contribution in [0, 0.1) is 19.8 Å². The molecule has 2 rings (SSSR count). The highest BCUT2D eigenvalue weighted by atomic mass is 16.5. The van der Waals surface area contributed by atoms with E-state index < -0.39 is 12.1 Å². The van der Waals surface area contributed by atoms with Crippen molar-refractivity contribution in [2.75, 3.05) is 6.54 Å². The Morgan fingerprint density at radius 3 is 2.52 bits per heavy atom. The van der Waals surface area contributed by atoms with Crippen LogP contribution in [0.3, 0.4) is 0 Å². The van der Waals surface area contributed by atoms with Gasteiger partial charge < -0.3 is 15.4 Å². The lowest BCUT2D eigenvalue weighted by molar-refractivity contribution is -0.154. The van der Waals surface area contributed by atoms with Crippen molar-refractivity contribution in [3.05, 3.63) is 34.9 Å². The zero-order valence-electron chi connectivity index (χ0n) is 16.6. The van der Waals surface area contributed by atoms with Gasteiger partial charge in [-0.1, -0.05) is 25.8 Å². The van der Waals surface area contributed by atoms with Gasteiger partial charge in [-0.25, -0.2) is 0 Å². The first kappa shape index (κ1) is 20.9. The minimum Gasteiger partial charge on any atom is -0.451 e. The Kier molecular flexibility index (Phi) is 7.39. The van der Waals surface area contributed by atoms with Crippen molar-refractivity contribution < 1.29 is 19.1 Å². The van der Waals surface area contributed by atoms with E-state index in [1.807, 2.05) is 19.9 Å².